The molecule has 3 N–H and O–H groups in total. The van der Waals surface area contributed by atoms with Gasteiger partial charge in [0, 0.05) is 5.92 Å². The second-order valence-electron chi connectivity index (χ2n) is 3.17. The minimum absolute atomic E-state index is 0.342. The number of methoxy groups -OCH3 is 1. The summed E-state index contributed by atoms with van der Waals surface area (Å²) in [5, 5.41) is 4.22. The number of nitrogens with one attached hydrogen (secondary N) is 1. The van der Waals surface area contributed by atoms with Crippen molar-refractivity contribution in [2.75, 3.05) is 7.11 Å². The molecule has 0 radical (unpaired) electrons. The van der Waals surface area contributed by atoms with Crippen LogP contribution in [0.15, 0.2) is 15.7 Å². The van der Waals surface area contributed by atoms with E-state index in [1.165, 1.54) is 18.9 Å². The van der Waals surface area contributed by atoms with Gasteiger partial charge in [-0.05, 0) is 24.6 Å². The second-order valence-corrected chi connectivity index (χ2v) is 4.20. The van der Waals surface area contributed by atoms with E-state index in [2.05, 4.69) is 15.3 Å². The molecule has 1 aliphatic heterocycles. The number of nitrogens with two attached hydrogens (primary N) is 1. The van der Waals surface area contributed by atoms with Gasteiger partial charge < -0.3 is 10.5 Å². The molecule has 76 valence electrons. The number of allylic oxidation sites excluding steroid dienone is 1. The third-order valence-corrected chi connectivity index (χ3v) is 2.99. The quantitative estimate of drug-likeness (QED) is 0.647. The first kappa shape index (κ1) is 9.39. The van der Waals surface area contributed by atoms with Crippen molar-refractivity contribution in [2.45, 2.75) is 12.8 Å². The third kappa shape index (κ3) is 1.70. The highest BCUT2D eigenvalue weighted by Gasteiger charge is 2.33. The SMILES string of the molecule is COC(=O)C1=C(C2CC2)NN=C(N)S1. The van der Waals surface area contributed by atoms with Crippen molar-refractivity contribution >= 4 is 22.9 Å². The van der Waals surface area contributed by atoms with Crippen molar-refractivity contribution in [3.63, 3.8) is 0 Å². The molecule has 0 saturated heterocycles. The van der Waals surface area contributed by atoms with Crippen LogP contribution in [-0.2, 0) is 9.53 Å². The molecule has 5 nitrogen and oxygen atoms in total. The molecule has 1 fully saturated rings. The van der Waals surface area contributed by atoms with E-state index < -0.39 is 0 Å². The summed E-state index contributed by atoms with van der Waals surface area (Å²) in [6, 6.07) is 0. The fourth-order valence-corrected chi connectivity index (χ4v) is 2.03. The summed E-state index contributed by atoms with van der Waals surface area (Å²) in [4.78, 5) is 11.9. The Hall–Kier alpha value is -1.17. The van der Waals surface area contributed by atoms with Crippen molar-refractivity contribution in [3.8, 4) is 0 Å². The number of hydrogen-bond acceptors (Lipinski definition) is 6. The normalized spacial score (nSPS) is 21.4. The highest BCUT2D eigenvalue weighted by atomic mass is 32.2. The van der Waals surface area contributed by atoms with Gasteiger partial charge in [-0.15, -0.1) is 0 Å². The molecule has 0 amide bonds. The van der Waals surface area contributed by atoms with E-state index in [4.69, 9.17) is 5.73 Å². The van der Waals surface area contributed by atoms with Crippen molar-refractivity contribution in [3.05, 3.63) is 10.6 Å². The molecular weight excluding hydrogens is 202 g/mol. The van der Waals surface area contributed by atoms with Gasteiger partial charge in [-0.3, -0.25) is 5.43 Å². The number of hydrazone groups is 1. The molecule has 0 bridgehead atoms. The van der Waals surface area contributed by atoms with E-state index in [0.717, 1.165) is 18.5 Å². The molecule has 0 aromatic heterocycles. The predicted molar refractivity (Wildman–Crippen MR) is 54.1 cm³/mol. The maximum atomic E-state index is 11.4. The second kappa shape index (κ2) is 3.53. The van der Waals surface area contributed by atoms with Crippen LogP contribution in [0.5, 0.6) is 0 Å². The van der Waals surface area contributed by atoms with Crippen LogP contribution in [0.25, 0.3) is 0 Å². The van der Waals surface area contributed by atoms with Crippen molar-refractivity contribution in [1.29, 1.82) is 0 Å². The molecule has 6 heteroatoms. The Morgan fingerprint density at radius 1 is 1.71 bits per heavy atom. The summed E-state index contributed by atoms with van der Waals surface area (Å²) >= 11 is 1.17. The summed E-state index contributed by atoms with van der Waals surface area (Å²) in [7, 11) is 1.36. The van der Waals surface area contributed by atoms with E-state index in [1.54, 1.807) is 0 Å². The number of esters is 1. The van der Waals surface area contributed by atoms with Crippen LogP contribution in [0.2, 0.25) is 0 Å². The molecule has 14 heavy (non-hydrogen) atoms. The summed E-state index contributed by atoms with van der Waals surface area (Å²) in [5.41, 5.74) is 9.18. The van der Waals surface area contributed by atoms with E-state index >= 15 is 0 Å². The molecule has 1 heterocycles. The number of carbonyl (C=O) groups is 1. The Bertz CT molecular complexity index is 333. The molecule has 1 saturated carbocycles. The van der Waals surface area contributed by atoms with Crippen molar-refractivity contribution in [1.82, 2.24) is 5.43 Å². The number of hydrogen-bond donors (Lipinski definition) is 2. The molecule has 0 spiro atoms. The lowest BCUT2D eigenvalue weighted by molar-refractivity contribution is -0.135. The highest BCUT2D eigenvalue weighted by Crippen LogP contribution is 2.40. The molecule has 0 aromatic rings. The zero-order chi connectivity index (χ0) is 10.1. The monoisotopic (exact) mass is 213 g/mol. The van der Waals surface area contributed by atoms with E-state index in [0.29, 0.717) is 16.0 Å². The zero-order valence-corrected chi connectivity index (χ0v) is 8.56. The van der Waals surface area contributed by atoms with Gasteiger partial charge in [-0.25, -0.2) is 4.79 Å². The van der Waals surface area contributed by atoms with Crippen LogP contribution in [0, 0.1) is 5.92 Å². The Balaban J connectivity index is 2.23. The van der Waals surface area contributed by atoms with Crippen molar-refractivity contribution in [2.24, 2.45) is 16.8 Å². The van der Waals surface area contributed by atoms with Gasteiger partial charge in [-0.2, -0.15) is 5.10 Å². The average Bonchev–Trinajstić information content (AvgIpc) is 3.00. The zero-order valence-electron chi connectivity index (χ0n) is 7.74. The lowest BCUT2D eigenvalue weighted by atomic mass is 10.3. The van der Waals surface area contributed by atoms with Gasteiger partial charge in [0.15, 0.2) is 5.17 Å². The predicted octanol–water partition coefficient (Wildman–Crippen LogP) is 0.347. The average molecular weight is 213 g/mol. The first-order valence-electron chi connectivity index (χ1n) is 4.32. The number of amidine groups is 1. The molecular formula is C8H11N3O2S. The lowest BCUT2D eigenvalue weighted by Crippen LogP contribution is -2.25. The Morgan fingerprint density at radius 3 is 3.00 bits per heavy atom. The third-order valence-electron chi connectivity index (χ3n) is 2.09. The Morgan fingerprint density at radius 2 is 2.43 bits per heavy atom. The topological polar surface area (TPSA) is 76.7 Å². The summed E-state index contributed by atoms with van der Waals surface area (Å²) in [5.74, 6) is 0.0794. The molecule has 0 unspecified atom stereocenters. The maximum Gasteiger partial charge on any atom is 0.346 e. The number of rotatable bonds is 2. The van der Waals surface area contributed by atoms with E-state index in [-0.39, 0.29) is 5.97 Å². The fourth-order valence-electron chi connectivity index (χ4n) is 1.24. The van der Waals surface area contributed by atoms with Gasteiger partial charge in [0.1, 0.15) is 4.91 Å². The smallest absolute Gasteiger partial charge is 0.346 e. The van der Waals surface area contributed by atoms with Crippen LogP contribution >= 0.6 is 11.8 Å². The van der Waals surface area contributed by atoms with Gasteiger partial charge in [-0.1, -0.05) is 0 Å². The lowest BCUT2D eigenvalue weighted by Gasteiger charge is -2.16. The van der Waals surface area contributed by atoms with E-state index in [9.17, 15) is 4.79 Å². The van der Waals surface area contributed by atoms with Crippen LogP contribution in [0.4, 0.5) is 0 Å². The maximum absolute atomic E-state index is 11.4. The minimum atomic E-state index is -0.345. The van der Waals surface area contributed by atoms with Gasteiger partial charge in [0.25, 0.3) is 0 Å². The summed E-state index contributed by atoms with van der Waals surface area (Å²) in [6.45, 7) is 0. The molecule has 0 atom stereocenters. The number of carbonyl (C=O) groups excluding carboxylic acids is 1. The number of thioether (sulfide) groups is 1. The summed E-state index contributed by atoms with van der Waals surface area (Å²) in [6.07, 6.45) is 2.19. The minimum Gasteiger partial charge on any atom is -0.465 e. The number of ether oxygens (including phenoxy) is 1. The number of nitrogens with zero attached hydrogens (tertiary/aromatic N) is 1. The van der Waals surface area contributed by atoms with Gasteiger partial charge in [0.05, 0.1) is 12.8 Å². The van der Waals surface area contributed by atoms with Crippen LogP contribution < -0.4 is 11.2 Å². The Labute approximate surface area is 85.7 Å². The standard InChI is InChI=1S/C8H11N3O2S/c1-13-7(12)6-5(4-2-3-4)10-11-8(9)14-6/h4,10H,2-3H2,1H3,(H2,9,11). The highest BCUT2D eigenvalue weighted by molar-refractivity contribution is 8.17. The van der Waals surface area contributed by atoms with Crippen molar-refractivity contribution < 1.29 is 9.53 Å². The molecule has 2 rings (SSSR count). The van der Waals surface area contributed by atoms with Gasteiger partial charge >= 0.3 is 5.97 Å². The van der Waals surface area contributed by atoms with Crippen LogP contribution in [0.3, 0.4) is 0 Å². The molecule has 0 aromatic carbocycles. The first-order valence-corrected chi connectivity index (χ1v) is 5.13. The molecule has 1 aliphatic carbocycles. The Kier molecular flexibility index (Phi) is 2.37. The fraction of sp³-hybridized carbons (Fsp3) is 0.500. The van der Waals surface area contributed by atoms with Crippen LogP contribution in [-0.4, -0.2) is 18.2 Å². The van der Waals surface area contributed by atoms with Gasteiger partial charge in [0.2, 0.25) is 0 Å². The largest absolute Gasteiger partial charge is 0.465 e. The van der Waals surface area contributed by atoms with E-state index in [1.807, 2.05) is 0 Å². The molecule has 2 aliphatic rings. The summed E-state index contributed by atoms with van der Waals surface area (Å²) < 4.78 is 4.68. The van der Waals surface area contributed by atoms with Crippen LogP contribution in [0.1, 0.15) is 12.8 Å². The first-order chi connectivity index (χ1) is 6.72.